The van der Waals surface area contributed by atoms with Crippen LogP contribution in [0.2, 0.25) is 0 Å². The number of hydrogen-bond donors (Lipinski definition) is 1. The van der Waals surface area contributed by atoms with Crippen molar-refractivity contribution in [2.45, 2.75) is 19.4 Å². The van der Waals surface area contributed by atoms with Gasteiger partial charge >= 0.3 is 0 Å². The summed E-state index contributed by atoms with van der Waals surface area (Å²) in [7, 11) is 0. The first-order valence-electron chi connectivity index (χ1n) is 4.36. The van der Waals surface area contributed by atoms with Crippen molar-refractivity contribution in [2.24, 2.45) is 0 Å². The number of halogens is 1. The molecule has 15 heavy (non-hydrogen) atoms. The highest BCUT2D eigenvalue weighted by atomic mass is 19.1. The quantitative estimate of drug-likeness (QED) is 0.742. The highest BCUT2D eigenvalue weighted by Gasteiger charge is 2.19. The van der Waals surface area contributed by atoms with Gasteiger partial charge in [-0.2, -0.15) is 0 Å². The molecule has 0 spiro atoms. The average Bonchev–Trinajstić information content (AvgIpc) is 2.17. The van der Waals surface area contributed by atoms with Gasteiger partial charge in [0.2, 0.25) is 0 Å². The van der Waals surface area contributed by atoms with E-state index < -0.39 is 17.3 Å². The van der Waals surface area contributed by atoms with Crippen LogP contribution in [0.25, 0.3) is 0 Å². The lowest BCUT2D eigenvalue weighted by molar-refractivity contribution is 0.0925. The second-order valence-electron chi connectivity index (χ2n) is 3.58. The Morgan fingerprint density at radius 2 is 2.33 bits per heavy atom. The van der Waals surface area contributed by atoms with E-state index in [-0.39, 0.29) is 5.56 Å². The standard InChI is InChI=1S/C11H11FN2O/c1-4-11(2,3)14-10(15)8-5-6-13-7-9(8)12/h1,5-7H,2-3H3,(H,14,15). The molecular weight excluding hydrogens is 195 g/mol. The molecule has 1 aromatic heterocycles. The third-order valence-electron chi connectivity index (χ3n) is 1.80. The molecule has 1 heterocycles. The zero-order chi connectivity index (χ0) is 11.5. The lowest BCUT2D eigenvalue weighted by Crippen LogP contribution is -2.42. The first-order chi connectivity index (χ1) is 6.96. The van der Waals surface area contributed by atoms with Crippen LogP contribution in [0.3, 0.4) is 0 Å². The molecule has 0 atom stereocenters. The van der Waals surface area contributed by atoms with Crippen molar-refractivity contribution in [3.63, 3.8) is 0 Å². The minimum atomic E-state index is -0.799. The Balaban J connectivity index is 2.89. The number of aromatic nitrogens is 1. The molecule has 1 rings (SSSR count). The largest absolute Gasteiger partial charge is 0.336 e. The zero-order valence-electron chi connectivity index (χ0n) is 8.54. The van der Waals surface area contributed by atoms with Crippen LogP contribution in [-0.2, 0) is 0 Å². The second-order valence-corrected chi connectivity index (χ2v) is 3.58. The Morgan fingerprint density at radius 1 is 1.67 bits per heavy atom. The molecule has 0 unspecified atom stereocenters. The van der Waals surface area contributed by atoms with Gasteiger partial charge in [-0.05, 0) is 19.9 Å². The van der Waals surface area contributed by atoms with Gasteiger partial charge in [-0.15, -0.1) is 6.42 Å². The maximum Gasteiger partial charge on any atom is 0.255 e. The van der Waals surface area contributed by atoms with E-state index in [1.165, 1.54) is 12.3 Å². The SMILES string of the molecule is C#CC(C)(C)NC(=O)c1ccncc1F. The van der Waals surface area contributed by atoms with Gasteiger partial charge in [0.05, 0.1) is 17.3 Å². The van der Waals surface area contributed by atoms with Crippen molar-refractivity contribution in [1.29, 1.82) is 0 Å². The monoisotopic (exact) mass is 206 g/mol. The molecule has 0 saturated heterocycles. The van der Waals surface area contributed by atoms with Crippen LogP contribution in [0.1, 0.15) is 24.2 Å². The van der Waals surface area contributed by atoms with E-state index in [1.807, 2.05) is 0 Å². The number of pyridine rings is 1. The Morgan fingerprint density at radius 3 is 2.87 bits per heavy atom. The molecule has 0 fully saturated rings. The minimum absolute atomic E-state index is 0.0617. The summed E-state index contributed by atoms with van der Waals surface area (Å²) in [6.45, 7) is 3.31. The number of nitrogens with one attached hydrogen (secondary N) is 1. The number of rotatable bonds is 2. The van der Waals surface area contributed by atoms with Crippen LogP contribution in [-0.4, -0.2) is 16.4 Å². The maximum absolute atomic E-state index is 13.1. The van der Waals surface area contributed by atoms with Crippen molar-refractivity contribution in [3.8, 4) is 12.3 Å². The lowest BCUT2D eigenvalue weighted by Gasteiger charge is -2.19. The highest BCUT2D eigenvalue weighted by Crippen LogP contribution is 2.07. The van der Waals surface area contributed by atoms with Gasteiger partial charge in [-0.25, -0.2) is 4.39 Å². The van der Waals surface area contributed by atoms with Crippen molar-refractivity contribution in [2.75, 3.05) is 0 Å². The van der Waals surface area contributed by atoms with Crippen LogP contribution >= 0.6 is 0 Å². The third-order valence-corrected chi connectivity index (χ3v) is 1.80. The first kappa shape index (κ1) is 11.2. The van der Waals surface area contributed by atoms with E-state index in [0.29, 0.717) is 0 Å². The van der Waals surface area contributed by atoms with Gasteiger partial charge in [-0.1, -0.05) is 5.92 Å². The summed E-state index contributed by atoms with van der Waals surface area (Å²) in [5, 5.41) is 2.52. The number of carbonyl (C=O) groups excluding carboxylic acids is 1. The number of nitrogens with zero attached hydrogens (tertiary/aromatic N) is 1. The van der Waals surface area contributed by atoms with Crippen molar-refractivity contribution in [1.82, 2.24) is 10.3 Å². The predicted molar refractivity (Wildman–Crippen MR) is 54.6 cm³/mol. The van der Waals surface area contributed by atoms with Gasteiger partial charge in [0.25, 0.3) is 5.91 Å². The van der Waals surface area contributed by atoms with E-state index in [4.69, 9.17) is 6.42 Å². The summed E-state index contributed by atoms with van der Waals surface area (Å²) in [6, 6.07) is 1.30. The summed E-state index contributed by atoms with van der Waals surface area (Å²) in [5.41, 5.74) is -0.861. The molecular formula is C11H11FN2O. The summed E-state index contributed by atoms with van der Waals surface area (Å²) in [5.74, 6) is 1.18. The predicted octanol–water partition coefficient (Wildman–Crippen LogP) is 1.36. The number of terminal acetylenes is 1. The highest BCUT2D eigenvalue weighted by molar-refractivity contribution is 5.95. The molecule has 78 valence electrons. The first-order valence-corrected chi connectivity index (χ1v) is 4.36. The van der Waals surface area contributed by atoms with Gasteiger partial charge < -0.3 is 5.32 Å². The van der Waals surface area contributed by atoms with Crippen molar-refractivity contribution < 1.29 is 9.18 Å². The molecule has 1 aromatic rings. The van der Waals surface area contributed by atoms with E-state index in [9.17, 15) is 9.18 Å². The normalized spacial score (nSPS) is 10.5. The van der Waals surface area contributed by atoms with E-state index >= 15 is 0 Å². The number of carbonyl (C=O) groups is 1. The van der Waals surface area contributed by atoms with Crippen LogP contribution in [0.15, 0.2) is 18.5 Å². The topological polar surface area (TPSA) is 42.0 Å². The number of amides is 1. The van der Waals surface area contributed by atoms with E-state index in [0.717, 1.165) is 6.20 Å². The molecule has 0 aliphatic rings. The molecule has 4 heteroatoms. The second kappa shape index (κ2) is 4.09. The Labute approximate surface area is 87.7 Å². The summed E-state index contributed by atoms with van der Waals surface area (Å²) < 4.78 is 13.1. The van der Waals surface area contributed by atoms with Crippen LogP contribution in [0.5, 0.6) is 0 Å². The van der Waals surface area contributed by atoms with E-state index in [2.05, 4.69) is 16.2 Å². The molecule has 1 N–H and O–H groups in total. The summed E-state index contributed by atoms with van der Waals surface area (Å²) in [4.78, 5) is 15.1. The average molecular weight is 206 g/mol. The molecule has 0 aliphatic carbocycles. The maximum atomic E-state index is 13.1. The van der Waals surface area contributed by atoms with E-state index in [1.54, 1.807) is 13.8 Å². The molecule has 0 radical (unpaired) electrons. The fourth-order valence-electron chi connectivity index (χ4n) is 0.947. The van der Waals surface area contributed by atoms with Gasteiger partial charge in [-0.3, -0.25) is 9.78 Å². The van der Waals surface area contributed by atoms with Gasteiger partial charge in [0.1, 0.15) is 0 Å². The molecule has 1 amide bonds. The summed E-state index contributed by atoms with van der Waals surface area (Å²) in [6.07, 6.45) is 7.53. The van der Waals surface area contributed by atoms with Gasteiger partial charge in [0.15, 0.2) is 5.82 Å². The van der Waals surface area contributed by atoms with Crippen molar-refractivity contribution >= 4 is 5.91 Å². The molecule has 0 aromatic carbocycles. The lowest BCUT2D eigenvalue weighted by atomic mass is 10.1. The zero-order valence-corrected chi connectivity index (χ0v) is 8.54. The van der Waals surface area contributed by atoms with Crippen LogP contribution in [0, 0.1) is 18.2 Å². The van der Waals surface area contributed by atoms with Crippen molar-refractivity contribution in [3.05, 3.63) is 29.8 Å². The molecule has 0 aliphatic heterocycles. The summed E-state index contributed by atoms with van der Waals surface area (Å²) >= 11 is 0. The smallest absolute Gasteiger partial charge is 0.255 e. The number of hydrogen-bond acceptors (Lipinski definition) is 2. The third kappa shape index (κ3) is 2.78. The van der Waals surface area contributed by atoms with Crippen LogP contribution < -0.4 is 5.32 Å². The Bertz CT molecular complexity index is 421. The van der Waals surface area contributed by atoms with Crippen LogP contribution in [0.4, 0.5) is 4.39 Å². The molecule has 3 nitrogen and oxygen atoms in total. The molecule has 0 saturated carbocycles. The van der Waals surface area contributed by atoms with Gasteiger partial charge in [0, 0.05) is 6.20 Å². The minimum Gasteiger partial charge on any atom is -0.336 e. The Kier molecular flexibility index (Phi) is 3.05. The Hall–Kier alpha value is -1.89. The fraction of sp³-hybridized carbons (Fsp3) is 0.273. The fourth-order valence-corrected chi connectivity index (χ4v) is 0.947. The molecule has 0 bridgehead atoms.